The molecule has 0 aliphatic carbocycles. The normalized spacial score (nSPS) is 11.4. The summed E-state index contributed by atoms with van der Waals surface area (Å²) in [5.74, 6) is -0.273. The van der Waals surface area contributed by atoms with Gasteiger partial charge in [0.05, 0.1) is 17.6 Å². The van der Waals surface area contributed by atoms with Crippen molar-refractivity contribution in [2.24, 2.45) is 0 Å². The number of halogens is 1. The molecular weight excluding hydrogens is 429 g/mol. The van der Waals surface area contributed by atoms with Crippen molar-refractivity contribution in [3.05, 3.63) is 79.1 Å². The van der Waals surface area contributed by atoms with Gasteiger partial charge in [0.15, 0.2) is 5.65 Å². The van der Waals surface area contributed by atoms with E-state index < -0.39 is 0 Å². The molecule has 0 aliphatic heterocycles. The van der Waals surface area contributed by atoms with E-state index in [0.29, 0.717) is 16.9 Å². The number of aromatic nitrogens is 6. The van der Waals surface area contributed by atoms with Crippen molar-refractivity contribution in [2.45, 2.75) is 0 Å². The van der Waals surface area contributed by atoms with Gasteiger partial charge < -0.3 is 9.88 Å². The Morgan fingerprint density at radius 1 is 0.824 bits per heavy atom. The number of rotatable bonds is 4. The second-order valence-electron chi connectivity index (χ2n) is 8.30. The zero-order valence-corrected chi connectivity index (χ0v) is 18.5. The van der Waals surface area contributed by atoms with Gasteiger partial charge in [0.25, 0.3) is 0 Å². The quantitative estimate of drug-likeness (QED) is 0.375. The third-order valence-electron chi connectivity index (χ3n) is 5.94. The molecule has 0 saturated heterocycles. The van der Waals surface area contributed by atoms with Crippen LogP contribution in [0.15, 0.2) is 73.3 Å². The molecule has 5 aromatic heterocycles. The molecule has 7 nitrogen and oxygen atoms in total. The van der Waals surface area contributed by atoms with Crippen LogP contribution in [0.1, 0.15) is 0 Å². The van der Waals surface area contributed by atoms with Crippen LogP contribution >= 0.6 is 0 Å². The minimum atomic E-state index is -0.273. The zero-order chi connectivity index (χ0) is 23.2. The number of hydrogen-bond acceptors (Lipinski definition) is 5. The third kappa shape index (κ3) is 3.27. The van der Waals surface area contributed by atoms with Gasteiger partial charge in [0.1, 0.15) is 17.2 Å². The van der Waals surface area contributed by atoms with E-state index >= 15 is 0 Å². The Bertz CT molecular complexity index is 1670. The number of pyridine rings is 3. The summed E-state index contributed by atoms with van der Waals surface area (Å²) in [5.41, 5.74) is 7.05. The first-order valence-corrected chi connectivity index (χ1v) is 10.8. The first-order valence-electron chi connectivity index (χ1n) is 10.8. The zero-order valence-electron chi connectivity index (χ0n) is 18.5. The largest absolute Gasteiger partial charge is 0.376 e. The summed E-state index contributed by atoms with van der Waals surface area (Å²) in [5, 5.41) is 9.22. The highest BCUT2D eigenvalue weighted by atomic mass is 19.1. The second kappa shape index (κ2) is 7.77. The Kier molecular flexibility index (Phi) is 4.58. The summed E-state index contributed by atoms with van der Waals surface area (Å²) in [4.78, 5) is 18.7. The van der Waals surface area contributed by atoms with Gasteiger partial charge in [-0.3, -0.25) is 10.1 Å². The van der Waals surface area contributed by atoms with E-state index in [-0.39, 0.29) is 5.82 Å². The van der Waals surface area contributed by atoms with E-state index in [9.17, 15) is 4.39 Å². The van der Waals surface area contributed by atoms with E-state index in [2.05, 4.69) is 36.2 Å². The standard InChI is InChI=1S/C26H20FN7/c1-34(2)17-9-15(12-28-14-17)16-10-21-24(32-33-26(21)30-13-16)23-11-20-18(7-8-29-25(20)31-23)19-5-3-4-6-22(19)27/h3-14H,1-2H3,(H,29,31)(H,30,32,33). The van der Waals surface area contributed by atoms with E-state index in [1.807, 2.05) is 61.9 Å². The fraction of sp³-hybridized carbons (Fsp3) is 0.0769. The molecule has 1 aromatic carbocycles. The summed E-state index contributed by atoms with van der Waals surface area (Å²) < 4.78 is 14.5. The number of fused-ring (bicyclic) bond motifs is 2. The Morgan fingerprint density at radius 2 is 1.68 bits per heavy atom. The van der Waals surface area contributed by atoms with E-state index in [1.54, 1.807) is 18.3 Å². The second-order valence-corrected chi connectivity index (χ2v) is 8.30. The minimum absolute atomic E-state index is 0.273. The van der Waals surface area contributed by atoms with Crippen molar-refractivity contribution in [3.8, 4) is 33.6 Å². The van der Waals surface area contributed by atoms with Crippen LogP contribution in [0.4, 0.5) is 10.1 Å². The Labute approximate surface area is 194 Å². The molecule has 0 unspecified atom stereocenters. The van der Waals surface area contributed by atoms with Crippen molar-refractivity contribution in [1.82, 2.24) is 30.1 Å². The molecule has 0 atom stereocenters. The molecule has 0 radical (unpaired) electrons. The van der Waals surface area contributed by atoms with Crippen LogP contribution in [0, 0.1) is 5.82 Å². The van der Waals surface area contributed by atoms with Gasteiger partial charge in [-0.2, -0.15) is 5.10 Å². The highest BCUT2D eigenvalue weighted by Crippen LogP contribution is 2.35. The Morgan fingerprint density at radius 3 is 2.53 bits per heavy atom. The average molecular weight is 449 g/mol. The van der Waals surface area contributed by atoms with Gasteiger partial charge >= 0.3 is 0 Å². The van der Waals surface area contributed by atoms with Crippen LogP contribution in [0.5, 0.6) is 0 Å². The molecule has 0 bridgehead atoms. The fourth-order valence-corrected chi connectivity index (χ4v) is 4.17. The monoisotopic (exact) mass is 449 g/mol. The van der Waals surface area contributed by atoms with E-state index in [1.165, 1.54) is 6.07 Å². The van der Waals surface area contributed by atoms with Crippen molar-refractivity contribution in [2.75, 3.05) is 19.0 Å². The smallest absolute Gasteiger partial charge is 0.155 e. The lowest BCUT2D eigenvalue weighted by molar-refractivity contribution is 0.631. The number of anilines is 1. The van der Waals surface area contributed by atoms with Gasteiger partial charge in [0.2, 0.25) is 0 Å². The maximum atomic E-state index is 14.5. The van der Waals surface area contributed by atoms with Crippen molar-refractivity contribution >= 4 is 27.8 Å². The summed E-state index contributed by atoms with van der Waals surface area (Å²) in [6.07, 6.45) is 7.13. The molecule has 0 amide bonds. The minimum Gasteiger partial charge on any atom is -0.376 e. The molecular formula is C26H20FN7. The van der Waals surface area contributed by atoms with E-state index in [0.717, 1.165) is 44.5 Å². The van der Waals surface area contributed by atoms with Crippen LogP contribution in [0.25, 0.3) is 55.7 Å². The van der Waals surface area contributed by atoms with Crippen LogP contribution < -0.4 is 4.90 Å². The van der Waals surface area contributed by atoms with Gasteiger partial charge in [-0.1, -0.05) is 18.2 Å². The van der Waals surface area contributed by atoms with Crippen molar-refractivity contribution in [3.63, 3.8) is 0 Å². The van der Waals surface area contributed by atoms with Crippen molar-refractivity contribution in [1.29, 1.82) is 0 Å². The van der Waals surface area contributed by atoms with Crippen LogP contribution in [0.3, 0.4) is 0 Å². The molecule has 166 valence electrons. The van der Waals surface area contributed by atoms with Gasteiger partial charge in [-0.25, -0.2) is 14.4 Å². The van der Waals surface area contributed by atoms with Crippen LogP contribution in [-0.2, 0) is 0 Å². The molecule has 6 rings (SSSR count). The molecule has 0 spiro atoms. The number of nitrogens with zero attached hydrogens (tertiary/aromatic N) is 5. The molecule has 0 saturated carbocycles. The molecule has 8 heteroatoms. The first kappa shape index (κ1) is 20.0. The number of nitrogens with one attached hydrogen (secondary N) is 2. The van der Waals surface area contributed by atoms with Crippen molar-refractivity contribution < 1.29 is 4.39 Å². The lowest BCUT2D eigenvalue weighted by Gasteiger charge is -2.12. The predicted molar refractivity (Wildman–Crippen MR) is 132 cm³/mol. The number of hydrogen-bond donors (Lipinski definition) is 2. The highest BCUT2D eigenvalue weighted by molar-refractivity contribution is 5.99. The predicted octanol–water partition coefficient (Wildman–Crippen LogP) is 5.44. The summed E-state index contributed by atoms with van der Waals surface area (Å²) in [6.45, 7) is 0. The van der Waals surface area contributed by atoms with Crippen LogP contribution in [0.2, 0.25) is 0 Å². The lowest BCUT2D eigenvalue weighted by atomic mass is 10.0. The third-order valence-corrected chi connectivity index (χ3v) is 5.94. The number of H-pyrrole nitrogens is 2. The summed E-state index contributed by atoms with van der Waals surface area (Å²) >= 11 is 0. The Hall–Kier alpha value is -4.59. The maximum absolute atomic E-state index is 14.5. The number of aromatic amines is 2. The first-order chi connectivity index (χ1) is 16.6. The van der Waals surface area contributed by atoms with E-state index in [4.69, 9.17) is 0 Å². The molecule has 5 heterocycles. The molecule has 0 aliphatic rings. The van der Waals surface area contributed by atoms with Gasteiger partial charge in [-0.05, 0) is 35.9 Å². The summed E-state index contributed by atoms with van der Waals surface area (Å²) in [6, 6.07) is 14.6. The SMILES string of the molecule is CN(C)c1cncc(-c2cnc3[nH]nc(-c4cc5c(-c6ccccc6F)ccnc5[nH]4)c3c2)c1. The van der Waals surface area contributed by atoms with Gasteiger partial charge in [0, 0.05) is 60.1 Å². The topological polar surface area (TPSA) is 86.4 Å². The lowest BCUT2D eigenvalue weighted by Crippen LogP contribution is -2.08. The molecule has 0 fully saturated rings. The maximum Gasteiger partial charge on any atom is 0.155 e. The average Bonchev–Trinajstić information content (AvgIpc) is 3.48. The van der Waals surface area contributed by atoms with Crippen LogP contribution in [-0.4, -0.2) is 44.2 Å². The van der Waals surface area contributed by atoms with Gasteiger partial charge in [-0.15, -0.1) is 0 Å². The Balaban J connectivity index is 1.49. The molecule has 2 N–H and O–H groups in total. The summed E-state index contributed by atoms with van der Waals surface area (Å²) in [7, 11) is 3.96. The molecule has 34 heavy (non-hydrogen) atoms. The fourth-order valence-electron chi connectivity index (χ4n) is 4.17. The highest BCUT2D eigenvalue weighted by Gasteiger charge is 2.16. The number of benzene rings is 1. The molecule has 6 aromatic rings.